The van der Waals surface area contributed by atoms with E-state index >= 15 is 0 Å². The van der Waals surface area contributed by atoms with Gasteiger partial charge in [0.05, 0.1) is 0 Å². The molecule has 3 heteroatoms. The Balaban J connectivity index is 2.22. The smallest absolute Gasteiger partial charge is 0.0406 e. The van der Waals surface area contributed by atoms with Gasteiger partial charge in [-0.2, -0.15) is 0 Å². The minimum atomic E-state index is 0.00738. The van der Waals surface area contributed by atoms with Crippen LogP contribution >= 0.6 is 27.5 Å². The van der Waals surface area contributed by atoms with Crippen LogP contribution in [0.5, 0.6) is 0 Å². The Morgan fingerprint density at radius 3 is 2.37 bits per heavy atom. The highest BCUT2D eigenvalue weighted by Crippen LogP contribution is 2.26. The van der Waals surface area contributed by atoms with Crippen LogP contribution in [0.25, 0.3) is 0 Å². The first-order chi connectivity index (χ1) is 8.97. The van der Waals surface area contributed by atoms with E-state index in [1.807, 2.05) is 24.3 Å². The lowest BCUT2D eigenvalue weighted by Gasteiger charge is -2.16. The lowest BCUT2D eigenvalue weighted by atomic mass is 9.95. The fourth-order valence-corrected chi connectivity index (χ4v) is 2.77. The lowest BCUT2D eigenvalue weighted by Crippen LogP contribution is -2.15. The average molecular weight is 339 g/mol. The highest BCUT2D eigenvalue weighted by atomic mass is 79.9. The normalized spacial score (nSPS) is 12.5. The standard InChI is InChI=1S/C16H17BrClN/c1-10-8-15(17)11(2)7-14(10)16(19)9-12-3-5-13(18)6-4-12/h3-8,16H,9,19H2,1-2H3. The molecule has 0 fully saturated rings. The summed E-state index contributed by atoms with van der Waals surface area (Å²) < 4.78 is 1.13. The van der Waals surface area contributed by atoms with Crippen LogP contribution < -0.4 is 5.73 Å². The summed E-state index contributed by atoms with van der Waals surface area (Å²) in [5.74, 6) is 0. The molecule has 0 radical (unpaired) electrons. The monoisotopic (exact) mass is 337 g/mol. The molecule has 0 bridgehead atoms. The van der Waals surface area contributed by atoms with Gasteiger partial charge in [-0.3, -0.25) is 0 Å². The van der Waals surface area contributed by atoms with E-state index in [1.165, 1.54) is 22.3 Å². The number of nitrogens with two attached hydrogens (primary N) is 1. The molecule has 0 saturated heterocycles. The van der Waals surface area contributed by atoms with Crippen molar-refractivity contribution >= 4 is 27.5 Å². The number of aryl methyl sites for hydroxylation is 2. The zero-order chi connectivity index (χ0) is 14.0. The molecule has 1 nitrogen and oxygen atoms in total. The molecule has 0 aliphatic carbocycles. The second kappa shape index (κ2) is 6.08. The van der Waals surface area contributed by atoms with Crippen molar-refractivity contribution in [2.75, 3.05) is 0 Å². The van der Waals surface area contributed by atoms with E-state index < -0.39 is 0 Å². The quantitative estimate of drug-likeness (QED) is 0.841. The summed E-state index contributed by atoms with van der Waals surface area (Å²) in [6.07, 6.45) is 0.819. The van der Waals surface area contributed by atoms with Gasteiger partial charge in [-0.1, -0.05) is 45.7 Å². The van der Waals surface area contributed by atoms with Gasteiger partial charge in [0.15, 0.2) is 0 Å². The topological polar surface area (TPSA) is 26.0 Å². The molecule has 2 aromatic carbocycles. The van der Waals surface area contributed by atoms with Gasteiger partial charge in [-0.25, -0.2) is 0 Å². The molecule has 1 unspecified atom stereocenters. The zero-order valence-corrected chi connectivity index (χ0v) is 13.4. The Kier molecular flexibility index (Phi) is 4.67. The average Bonchev–Trinajstić information content (AvgIpc) is 2.36. The van der Waals surface area contributed by atoms with Crippen molar-refractivity contribution in [3.63, 3.8) is 0 Å². The highest BCUT2D eigenvalue weighted by Gasteiger charge is 2.11. The van der Waals surface area contributed by atoms with Crippen LogP contribution in [-0.2, 0) is 6.42 Å². The van der Waals surface area contributed by atoms with Gasteiger partial charge in [-0.05, 0) is 60.7 Å². The van der Waals surface area contributed by atoms with Gasteiger partial charge in [-0.15, -0.1) is 0 Å². The molecule has 1 atom stereocenters. The second-order valence-electron chi connectivity index (χ2n) is 4.90. The van der Waals surface area contributed by atoms with Crippen LogP contribution in [0, 0.1) is 13.8 Å². The van der Waals surface area contributed by atoms with E-state index in [4.69, 9.17) is 17.3 Å². The molecule has 0 aromatic heterocycles. The molecule has 19 heavy (non-hydrogen) atoms. The molecule has 2 aromatic rings. The van der Waals surface area contributed by atoms with Crippen molar-refractivity contribution in [2.45, 2.75) is 26.3 Å². The first kappa shape index (κ1) is 14.6. The predicted octanol–water partition coefficient (Wildman–Crippen LogP) is 4.96. The van der Waals surface area contributed by atoms with E-state index in [2.05, 4.69) is 41.9 Å². The Hall–Kier alpha value is -0.830. The van der Waals surface area contributed by atoms with E-state index in [0.717, 1.165) is 15.9 Å². The first-order valence-corrected chi connectivity index (χ1v) is 7.41. The summed E-state index contributed by atoms with van der Waals surface area (Å²) in [5, 5.41) is 0.757. The van der Waals surface area contributed by atoms with E-state index in [0.29, 0.717) is 0 Å². The van der Waals surface area contributed by atoms with Crippen LogP contribution in [0.3, 0.4) is 0 Å². The number of benzene rings is 2. The molecule has 0 aliphatic rings. The van der Waals surface area contributed by atoms with Gasteiger partial charge < -0.3 is 5.73 Å². The molecule has 2 N–H and O–H groups in total. The van der Waals surface area contributed by atoms with Crippen molar-refractivity contribution in [3.8, 4) is 0 Å². The Bertz CT molecular complexity index is 578. The van der Waals surface area contributed by atoms with Crippen LogP contribution in [0.1, 0.15) is 28.3 Å². The number of hydrogen-bond donors (Lipinski definition) is 1. The third-order valence-corrected chi connectivity index (χ3v) is 4.42. The van der Waals surface area contributed by atoms with E-state index in [9.17, 15) is 0 Å². The summed E-state index contributed by atoms with van der Waals surface area (Å²) in [6, 6.07) is 12.2. The van der Waals surface area contributed by atoms with Crippen LogP contribution in [0.4, 0.5) is 0 Å². The van der Waals surface area contributed by atoms with Crippen molar-refractivity contribution in [2.24, 2.45) is 5.73 Å². The van der Waals surface area contributed by atoms with Crippen LogP contribution in [-0.4, -0.2) is 0 Å². The van der Waals surface area contributed by atoms with E-state index in [-0.39, 0.29) is 6.04 Å². The molecular weight excluding hydrogens is 322 g/mol. The maximum atomic E-state index is 6.34. The number of hydrogen-bond acceptors (Lipinski definition) is 1. The largest absolute Gasteiger partial charge is 0.324 e. The fraction of sp³-hybridized carbons (Fsp3) is 0.250. The number of halogens is 2. The molecule has 0 saturated carbocycles. The van der Waals surface area contributed by atoms with Crippen molar-refractivity contribution in [3.05, 3.63) is 68.1 Å². The molecule has 0 spiro atoms. The third kappa shape index (κ3) is 3.59. The van der Waals surface area contributed by atoms with Crippen LogP contribution in [0.15, 0.2) is 40.9 Å². The Morgan fingerprint density at radius 2 is 1.74 bits per heavy atom. The summed E-state index contributed by atoms with van der Waals surface area (Å²) in [6.45, 7) is 4.18. The summed E-state index contributed by atoms with van der Waals surface area (Å²) in [5.41, 5.74) is 11.2. The molecule has 0 amide bonds. The Labute approximate surface area is 127 Å². The highest BCUT2D eigenvalue weighted by molar-refractivity contribution is 9.10. The summed E-state index contributed by atoms with van der Waals surface area (Å²) >= 11 is 9.44. The molecule has 100 valence electrons. The van der Waals surface area contributed by atoms with Crippen molar-refractivity contribution in [1.29, 1.82) is 0 Å². The lowest BCUT2D eigenvalue weighted by molar-refractivity contribution is 0.715. The van der Waals surface area contributed by atoms with Crippen LogP contribution in [0.2, 0.25) is 5.02 Å². The molecule has 0 aliphatic heterocycles. The Morgan fingerprint density at radius 1 is 1.11 bits per heavy atom. The SMILES string of the molecule is Cc1cc(C(N)Cc2ccc(Cl)cc2)c(C)cc1Br. The first-order valence-electron chi connectivity index (χ1n) is 6.24. The van der Waals surface area contributed by atoms with Gasteiger partial charge in [0.1, 0.15) is 0 Å². The van der Waals surface area contributed by atoms with Crippen molar-refractivity contribution < 1.29 is 0 Å². The van der Waals surface area contributed by atoms with Crippen molar-refractivity contribution in [1.82, 2.24) is 0 Å². The fourth-order valence-electron chi connectivity index (χ4n) is 2.19. The summed E-state index contributed by atoms with van der Waals surface area (Å²) in [7, 11) is 0. The molecular formula is C16H17BrClN. The predicted molar refractivity (Wildman–Crippen MR) is 85.7 cm³/mol. The maximum absolute atomic E-state index is 6.34. The van der Waals surface area contributed by atoms with E-state index in [1.54, 1.807) is 0 Å². The van der Waals surface area contributed by atoms with Gasteiger partial charge in [0.2, 0.25) is 0 Å². The minimum absolute atomic E-state index is 0.00738. The summed E-state index contributed by atoms with van der Waals surface area (Å²) in [4.78, 5) is 0. The third-order valence-electron chi connectivity index (χ3n) is 3.32. The molecule has 2 rings (SSSR count). The van der Waals surface area contributed by atoms with Gasteiger partial charge >= 0.3 is 0 Å². The maximum Gasteiger partial charge on any atom is 0.0406 e. The zero-order valence-electron chi connectivity index (χ0n) is 11.1. The number of rotatable bonds is 3. The van der Waals surface area contributed by atoms with Gasteiger partial charge in [0.25, 0.3) is 0 Å². The second-order valence-corrected chi connectivity index (χ2v) is 6.19. The molecule has 0 heterocycles. The minimum Gasteiger partial charge on any atom is -0.324 e. The van der Waals surface area contributed by atoms with Gasteiger partial charge in [0, 0.05) is 15.5 Å².